The van der Waals surface area contributed by atoms with Crippen molar-refractivity contribution in [3.63, 3.8) is 0 Å². The lowest BCUT2D eigenvalue weighted by Gasteiger charge is -2.46. The van der Waals surface area contributed by atoms with Crippen LogP contribution in [0.25, 0.3) is 0 Å². The van der Waals surface area contributed by atoms with Gasteiger partial charge in [-0.05, 0) is 44.2 Å². The lowest BCUT2D eigenvalue weighted by molar-refractivity contribution is 0.0286. The second-order valence-electron chi connectivity index (χ2n) is 6.59. The number of hydrogen-bond acceptors (Lipinski definition) is 1. The van der Waals surface area contributed by atoms with E-state index in [1.54, 1.807) is 0 Å². The summed E-state index contributed by atoms with van der Waals surface area (Å²) in [4.78, 5) is 0. The molecule has 3 rings (SSSR count). The Morgan fingerprint density at radius 2 is 1.62 bits per heavy atom. The minimum atomic E-state index is -0.296. The molecule has 1 nitrogen and oxygen atoms in total. The van der Waals surface area contributed by atoms with Crippen LogP contribution in [-0.4, -0.2) is 11.2 Å². The summed E-state index contributed by atoms with van der Waals surface area (Å²) in [5, 5.41) is 10.9. The number of aliphatic hydroxyl groups is 1. The summed E-state index contributed by atoms with van der Waals surface area (Å²) in [5.41, 5.74) is 5.08. The molecule has 1 unspecified atom stereocenters. The van der Waals surface area contributed by atoms with Crippen LogP contribution in [0.1, 0.15) is 41.5 Å². The molecule has 0 aliphatic heterocycles. The predicted octanol–water partition coefficient (Wildman–Crippen LogP) is 4.33. The Labute approximate surface area is 127 Å². The minimum absolute atomic E-state index is 0.0289. The van der Waals surface area contributed by atoms with Gasteiger partial charge in [-0.2, -0.15) is 0 Å². The lowest BCUT2D eigenvalue weighted by atomic mass is 9.60. The van der Waals surface area contributed by atoms with E-state index in [2.05, 4.69) is 56.3 Å². The average Bonchev–Trinajstić information content (AvgIpc) is 2.37. The van der Waals surface area contributed by atoms with E-state index in [-0.39, 0.29) is 11.5 Å². The van der Waals surface area contributed by atoms with Crippen molar-refractivity contribution in [2.45, 2.75) is 51.0 Å². The summed E-state index contributed by atoms with van der Waals surface area (Å²) < 4.78 is 0. The third kappa shape index (κ3) is 2.75. The first kappa shape index (κ1) is 14.3. The number of rotatable bonds is 4. The van der Waals surface area contributed by atoms with Gasteiger partial charge in [0.05, 0.1) is 6.10 Å². The van der Waals surface area contributed by atoms with Gasteiger partial charge in [-0.1, -0.05) is 66.1 Å². The Kier molecular flexibility index (Phi) is 3.86. The molecule has 110 valence electrons. The van der Waals surface area contributed by atoms with Crippen molar-refractivity contribution in [3.8, 4) is 0 Å². The number of aryl methyl sites for hydroxylation is 2. The zero-order chi connectivity index (χ0) is 14.9. The van der Waals surface area contributed by atoms with Gasteiger partial charge >= 0.3 is 0 Å². The van der Waals surface area contributed by atoms with Crippen LogP contribution in [0.4, 0.5) is 0 Å². The molecule has 1 aliphatic rings. The second-order valence-corrected chi connectivity index (χ2v) is 6.59. The fourth-order valence-electron chi connectivity index (χ4n) is 3.75. The molecule has 2 aromatic rings. The molecular formula is C20H24O. The van der Waals surface area contributed by atoms with E-state index in [0.717, 1.165) is 19.3 Å². The molecule has 0 bridgehead atoms. The van der Waals surface area contributed by atoms with E-state index < -0.39 is 0 Å². The monoisotopic (exact) mass is 280 g/mol. The van der Waals surface area contributed by atoms with Crippen molar-refractivity contribution in [2.75, 3.05) is 0 Å². The number of aliphatic hydroxyl groups excluding tert-OH is 1. The first-order valence-electron chi connectivity index (χ1n) is 7.91. The Bertz CT molecular complexity index is 591. The highest BCUT2D eigenvalue weighted by atomic mass is 16.3. The third-order valence-electron chi connectivity index (χ3n) is 4.94. The average molecular weight is 280 g/mol. The van der Waals surface area contributed by atoms with Gasteiger partial charge < -0.3 is 5.11 Å². The topological polar surface area (TPSA) is 20.2 Å². The Hall–Kier alpha value is -1.60. The van der Waals surface area contributed by atoms with E-state index in [1.807, 2.05) is 6.07 Å². The molecule has 0 saturated heterocycles. The first-order chi connectivity index (χ1) is 10.1. The van der Waals surface area contributed by atoms with Crippen LogP contribution in [0.3, 0.4) is 0 Å². The fourth-order valence-corrected chi connectivity index (χ4v) is 3.75. The maximum absolute atomic E-state index is 10.9. The van der Waals surface area contributed by atoms with E-state index in [4.69, 9.17) is 0 Å². The van der Waals surface area contributed by atoms with Crippen molar-refractivity contribution >= 4 is 0 Å². The summed E-state index contributed by atoms with van der Waals surface area (Å²) in [6.45, 7) is 4.25. The molecule has 1 saturated carbocycles. The van der Waals surface area contributed by atoms with Crippen molar-refractivity contribution < 1.29 is 5.11 Å². The van der Waals surface area contributed by atoms with Crippen LogP contribution in [0.15, 0.2) is 48.5 Å². The Balaban J connectivity index is 1.85. The van der Waals surface area contributed by atoms with Crippen LogP contribution in [-0.2, 0) is 11.8 Å². The van der Waals surface area contributed by atoms with Crippen LogP contribution in [0, 0.1) is 13.8 Å². The van der Waals surface area contributed by atoms with Crippen LogP contribution < -0.4 is 0 Å². The molecule has 0 spiro atoms. The van der Waals surface area contributed by atoms with E-state index in [1.165, 1.54) is 28.7 Å². The largest absolute Gasteiger partial charge is 0.392 e. The summed E-state index contributed by atoms with van der Waals surface area (Å²) in [6, 6.07) is 17.1. The highest BCUT2D eigenvalue weighted by Crippen LogP contribution is 2.47. The highest BCUT2D eigenvalue weighted by Gasteiger charge is 2.44. The molecule has 1 fully saturated rings. The standard InChI is InChI=1S/C20H24O/c1-15-11-16(2)13-17(12-15)14-19(21)20(9-6-10-20)18-7-4-3-5-8-18/h3-5,7-8,11-13,19,21H,6,9-10,14H2,1-2H3. The summed E-state index contributed by atoms with van der Waals surface area (Å²) in [5.74, 6) is 0. The smallest absolute Gasteiger partial charge is 0.0677 e. The zero-order valence-corrected chi connectivity index (χ0v) is 13.0. The Morgan fingerprint density at radius 1 is 1.00 bits per heavy atom. The predicted molar refractivity (Wildman–Crippen MR) is 87.6 cm³/mol. The minimum Gasteiger partial charge on any atom is -0.392 e. The van der Waals surface area contributed by atoms with Crippen molar-refractivity contribution in [1.82, 2.24) is 0 Å². The van der Waals surface area contributed by atoms with Gasteiger partial charge in [0.25, 0.3) is 0 Å². The van der Waals surface area contributed by atoms with Gasteiger partial charge in [0.1, 0.15) is 0 Å². The summed E-state index contributed by atoms with van der Waals surface area (Å²) in [6.07, 6.45) is 3.87. The fraction of sp³-hybridized carbons (Fsp3) is 0.400. The molecule has 2 aromatic carbocycles. The van der Waals surface area contributed by atoms with Gasteiger partial charge in [0.2, 0.25) is 0 Å². The molecule has 1 atom stereocenters. The van der Waals surface area contributed by atoms with Crippen LogP contribution in [0.2, 0.25) is 0 Å². The highest BCUT2D eigenvalue weighted by molar-refractivity contribution is 5.33. The maximum Gasteiger partial charge on any atom is 0.0677 e. The van der Waals surface area contributed by atoms with E-state index in [0.29, 0.717) is 0 Å². The van der Waals surface area contributed by atoms with Crippen molar-refractivity contribution in [1.29, 1.82) is 0 Å². The molecule has 21 heavy (non-hydrogen) atoms. The maximum atomic E-state index is 10.9. The van der Waals surface area contributed by atoms with Gasteiger partial charge in [0.15, 0.2) is 0 Å². The summed E-state index contributed by atoms with van der Waals surface area (Å²) >= 11 is 0. The molecule has 0 aromatic heterocycles. The second kappa shape index (κ2) is 5.65. The first-order valence-corrected chi connectivity index (χ1v) is 7.91. The van der Waals surface area contributed by atoms with Gasteiger partial charge in [-0.25, -0.2) is 0 Å². The third-order valence-corrected chi connectivity index (χ3v) is 4.94. The lowest BCUT2D eigenvalue weighted by Crippen LogP contribution is -2.46. The van der Waals surface area contributed by atoms with Gasteiger partial charge in [0, 0.05) is 5.41 Å². The molecular weight excluding hydrogens is 256 g/mol. The van der Waals surface area contributed by atoms with Gasteiger partial charge in [-0.15, -0.1) is 0 Å². The molecule has 0 heterocycles. The van der Waals surface area contributed by atoms with E-state index in [9.17, 15) is 5.11 Å². The SMILES string of the molecule is Cc1cc(C)cc(CC(O)C2(c3ccccc3)CCC2)c1. The zero-order valence-electron chi connectivity index (χ0n) is 13.0. The normalized spacial score (nSPS) is 18.0. The molecule has 1 N–H and O–H groups in total. The Morgan fingerprint density at radius 3 is 2.14 bits per heavy atom. The van der Waals surface area contributed by atoms with E-state index >= 15 is 0 Å². The van der Waals surface area contributed by atoms with Crippen LogP contribution >= 0.6 is 0 Å². The molecule has 1 heteroatoms. The quantitative estimate of drug-likeness (QED) is 0.884. The van der Waals surface area contributed by atoms with Crippen LogP contribution in [0.5, 0.6) is 0 Å². The molecule has 1 aliphatic carbocycles. The van der Waals surface area contributed by atoms with Gasteiger partial charge in [-0.3, -0.25) is 0 Å². The van der Waals surface area contributed by atoms with Crippen molar-refractivity contribution in [2.24, 2.45) is 0 Å². The number of hydrogen-bond donors (Lipinski definition) is 1. The molecule has 0 amide bonds. The number of benzene rings is 2. The van der Waals surface area contributed by atoms with Crippen molar-refractivity contribution in [3.05, 3.63) is 70.8 Å². The summed E-state index contributed by atoms with van der Waals surface area (Å²) in [7, 11) is 0. The molecule has 0 radical (unpaired) electrons.